The molecule has 0 saturated carbocycles. The van der Waals surface area contributed by atoms with Gasteiger partial charge in [0.15, 0.2) is 29.7 Å². The molecule has 0 aliphatic carbocycles. The highest BCUT2D eigenvalue weighted by molar-refractivity contribution is 6.04. The predicted octanol–water partition coefficient (Wildman–Crippen LogP) is 2.24. The number of hydrogen-bond acceptors (Lipinski definition) is 5. The van der Waals surface area contributed by atoms with Gasteiger partial charge in [-0.3, -0.25) is 9.59 Å². The normalized spacial score (nSPS) is 10.6. The molecule has 1 aromatic heterocycles. The number of aromatic amines is 1. The van der Waals surface area contributed by atoms with Crippen LogP contribution in [0.15, 0.2) is 47.3 Å². The Kier molecular flexibility index (Phi) is 4.34. The van der Waals surface area contributed by atoms with Gasteiger partial charge in [0, 0.05) is 10.9 Å². The van der Waals surface area contributed by atoms with E-state index in [4.69, 9.17) is 4.74 Å². The molecule has 0 fully saturated rings. The molecule has 1 heterocycles. The molecule has 0 saturated heterocycles. The molecule has 0 atom stereocenters. The first-order valence-electron chi connectivity index (χ1n) is 7.10. The van der Waals surface area contributed by atoms with E-state index in [1.165, 1.54) is 12.1 Å². The molecule has 3 rings (SSSR count). The van der Waals surface area contributed by atoms with Crippen molar-refractivity contribution in [1.82, 2.24) is 10.2 Å². The van der Waals surface area contributed by atoms with E-state index in [1.54, 1.807) is 12.1 Å². The van der Waals surface area contributed by atoms with E-state index in [-0.39, 0.29) is 22.0 Å². The molecule has 0 amide bonds. The summed E-state index contributed by atoms with van der Waals surface area (Å²) in [6, 6.07) is 8.89. The summed E-state index contributed by atoms with van der Waals surface area (Å²) in [7, 11) is 0. The van der Waals surface area contributed by atoms with Gasteiger partial charge in [-0.25, -0.2) is 18.7 Å². The highest BCUT2D eigenvalue weighted by Crippen LogP contribution is 2.14. The maximum atomic E-state index is 13.1. The van der Waals surface area contributed by atoms with Crippen LogP contribution in [0.5, 0.6) is 0 Å². The lowest BCUT2D eigenvalue weighted by atomic mass is 10.1. The van der Waals surface area contributed by atoms with Crippen molar-refractivity contribution in [3.63, 3.8) is 0 Å². The molecule has 3 aromatic rings. The fourth-order valence-corrected chi connectivity index (χ4v) is 2.22. The number of carbonyl (C=O) groups is 2. The summed E-state index contributed by atoms with van der Waals surface area (Å²) >= 11 is 0. The maximum absolute atomic E-state index is 13.1. The zero-order valence-corrected chi connectivity index (χ0v) is 12.6. The van der Waals surface area contributed by atoms with Crippen molar-refractivity contribution in [1.29, 1.82) is 0 Å². The highest BCUT2D eigenvalue weighted by Gasteiger charge is 2.18. The SMILES string of the molecule is O=C(COC(=O)c1n[nH]c(=O)c2ccccc12)c1ccc(F)c(F)c1. The number of nitrogens with zero attached hydrogens (tertiary/aromatic N) is 1. The summed E-state index contributed by atoms with van der Waals surface area (Å²) in [6.45, 7) is -0.682. The van der Waals surface area contributed by atoms with Gasteiger partial charge in [0.1, 0.15) is 0 Å². The summed E-state index contributed by atoms with van der Waals surface area (Å²) < 4.78 is 30.9. The number of nitrogens with one attached hydrogen (secondary N) is 1. The van der Waals surface area contributed by atoms with Gasteiger partial charge in [0.05, 0.1) is 5.39 Å². The van der Waals surface area contributed by atoms with Crippen LogP contribution in [0.3, 0.4) is 0 Å². The lowest BCUT2D eigenvalue weighted by Crippen LogP contribution is -2.19. The average molecular weight is 344 g/mol. The summed E-state index contributed by atoms with van der Waals surface area (Å²) in [4.78, 5) is 35.7. The number of carbonyl (C=O) groups excluding carboxylic acids is 2. The number of halogens is 2. The second-order valence-electron chi connectivity index (χ2n) is 5.08. The first-order chi connectivity index (χ1) is 12.0. The molecule has 6 nitrogen and oxygen atoms in total. The zero-order chi connectivity index (χ0) is 18.0. The zero-order valence-electron chi connectivity index (χ0n) is 12.6. The number of benzene rings is 2. The summed E-state index contributed by atoms with van der Waals surface area (Å²) in [5.74, 6) is -3.90. The topological polar surface area (TPSA) is 89.1 Å². The summed E-state index contributed by atoms with van der Waals surface area (Å²) in [6.07, 6.45) is 0. The number of Topliss-reactive ketones (excluding diaryl/α,β-unsaturated/α-hetero) is 1. The Morgan fingerprint density at radius 3 is 2.48 bits per heavy atom. The summed E-state index contributed by atoms with van der Waals surface area (Å²) in [5.41, 5.74) is -0.760. The standard InChI is InChI=1S/C17H10F2N2O4/c18-12-6-5-9(7-13(12)19)14(22)8-25-17(24)15-10-3-1-2-4-11(10)16(23)21-20-15/h1-7H,8H2,(H,21,23). The van der Waals surface area contributed by atoms with Gasteiger partial charge < -0.3 is 4.74 Å². The van der Waals surface area contributed by atoms with E-state index in [9.17, 15) is 23.2 Å². The first-order valence-corrected chi connectivity index (χ1v) is 7.10. The van der Waals surface area contributed by atoms with Crippen LogP contribution in [0.2, 0.25) is 0 Å². The van der Waals surface area contributed by atoms with Gasteiger partial charge in [-0.15, -0.1) is 0 Å². The van der Waals surface area contributed by atoms with E-state index in [0.717, 1.165) is 18.2 Å². The number of esters is 1. The Morgan fingerprint density at radius 2 is 1.76 bits per heavy atom. The van der Waals surface area contributed by atoms with E-state index in [1.807, 2.05) is 0 Å². The van der Waals surface area contributed by atoms with E-state index in [0.29, 0.717) is 0 Å². The van der Waals surface area contributed by atoms with Crippen molar-refractivity contribution in [3.05, 3.63) is 75.7 Å². The minimum atomic E-state index is -1.18. The number of hydrogen-bond donors (Lipinski definition) is 1. The molecule has 25 heavy (non-hydrogen) atoms. The maximum Gasteiger partial charge on any atom is 0.359 e. The molecule has 1 N–H and O–H groups in total. The van der Waals surface area contributed by atoms with Gasteiger partial charge in [-0.1, -0.05) is 18.2 Å². The van der Waals surface area contributed by atoms with Gasteiger partial charge in [-0.2, -0.15) is 5.10 Å². The molecule has 0 bridgehead atoms. The van der Waals surface area contributed by atoms with Crippen LogP contribution < -0.4 is 5.56 Å². The molecular formula is C17H10F2N2O4. The van der Waals surface area contributed by atoms with Crippen LogP contribution in [0.4, 0.5) is 8.78 Å². The Morgan fingerprint density at radius 1 is 1.04 bits per heavy atom. The Hall–Kier alpha value is -3.42. The second-order valence-corrected chi connectivity index (χ2v) is 5.08. The van der Waals surface area contributed by atoms with Gasteiger partial charge in [-0.05, 0) is 24.3 Å². The number of ether oxygens (including phenoxy) is 1. The van der Waals surface area contributed by atoms with E-state index in [2.05, 4.69) is 10.2 Å². The number of rotatable bonds is 4. The quantitative estimate of drug-likeness (QED) is 0.579. The van der Waals surface area contributed by atoms with Crippen LogP contribution >= 0.6 is 0 Å². The van der Waals surface area contributed by atoms with Crippen LogP contribution in [-0.4, -0.2) is 28.6 Å². The number of aromatic nitrogens is 2. The summed E-state index contributed by atoms with van der Waals surface area (Å²) in [5, 5.41) is 6.35. The number of fused-ring (bicyclic) bond motifs is 1. The van der Waals surface area contributed by atoms with Crippen molar-refractivity contribution in [2.45, 2.75) is 0 Å². The van der Waals surface area contributed by atoms with Gasteiger partial charge >= 0.3 is 5.97 Å². The third kappa shape index (κ3) is 3.27. The Labute approximate surface area is 139 Å². The lowest BCUT2D eigenvalue weighted by Gasteiger charge is -2.06. The van der Waals surface area contributed by atoms with Gasteiger partial charge in [0.2, 0.25) is 0 Å². The fraction of sp³-hybridized carbons (Fsp3) is 0.0588. The number of ketones is 1. The van der Waals surface area contributed by atoms with Crippen LogP contribution in [0.25, 0.3) is 10.8 Å². The second kappa shape index (κ2) is 6.60. The van der Waals surface area contributed by atoms with E-state index < -0.39 is 35.6 Å². The lowest BCUT2D eigenvalue weighted by molar-refractivity contribution is 0.0470. The molecule has 0 radical (unpaired) electrons. The monoisotopic (exact) mass is 344 g/mol. The van der Waals surface area contributed by atoms with E-state index >= 15 is 0 Å². The predicted molar refractivity (Wildman–Crippen MR) is 83.3 cm³/mol. The molecule has 0 spiro atoms. The fourth-order valence-electron chi connectivity index (χ4n) is 2.22. The largest absolute Gasteiger partial charge is 0.452 e. The average Bonchev–Trinajstić information content (AvgIpc) is 2.62. The minimum absolute atomic E-state index is 0.133. The van der Waals surface area contributed by atoms with Crippen LogP contribution in [-0.2, 0) is 4.74 Å². The smallest absolute Gasteiger partial charge is 0.359 e. The van der Waals surface area contributed by atoms with Crippen molar-refractivity contribution < 1.29 is 23.1 Å². The Bertz CT molecular complexity index is 1050. The van der Waals surface area contributed by atoms with Crippen molar-refractivity contribution in [3.8, 4) is 0 Å². The third-order valence-corrected chi connectivity index (χ3v) is 3.47. The first kappa shape index (κ1) is 16.4. The molecule has 0 unspecified atom stereocenters. The van der Waals surface area contributed by atoms with Crippen LogP contribution in [0, 0.1) is 11.6 Å². The number of H-pyrrole nitrogens is 1. The third-order valence-electron chi connectivity index (χ3n) is 3.47. The minimum Gasteiger partial charge on any atom is -0.452 e. The van der Waals surface area contributed by atoms with Gasteiger partial charge in [0.25, 0.3) is 5.56 Å². The Balaban J connectivity index is 1.79. The van der Waals surface area contributed by atoms with Crippen molar-refractivity contribution in [2.24, 2.45) is 0 Å². The molecule has 126 valence electrons. The molecule has 0 aliphatic rings. The van der Waals surface area contributed by atoms with Crippen LogP contribution in [0.1, 0.15) is 20.8 Å². The van der Waals surface area contributed by atoms with Crippen molar-refractivity contribution >= 4 is 22.5 Å². The molecule has 2 aromatic carbocycles. The molecular weight excluding hydrogens is 334 g/mol. The highest BCUT2D eigenvalue weighted by atomic mass is 19.2. The van der Waals surface area contributed by atoms with Crippen molar-refractivity contribution in [2.75, 3.05) is 6.61 Å². The molecule has 0 aliphatic heterocycles. The molecule has 8 heteroatoms.